The van der Waals surface area contributed by atoms with Crippen molar-refractivity contribution in [2.45, 2.75) is 57.1 Å². The van der Waals surface area contributed by atoms with Crippen LogP contribution in [0.1, 0.15) is 43.6 Å². The second-order valence-corrected chi connectivity index (χ2v) is 10.1. The number of thioether (sulfide) groups is 1. The van der Waals surface area contributed by atoms with Crippen molar-refractivity contribution >= 4 is 45.3 Å². The first-order valence-electron chi connectivity index (χ1n) is 10.8. The van der Waals surface area contributed by atoms with E-state index in [1.165, 1.54) is 11.3 Å². The molecule has 3 aromatic rings. The molecule has 0 unspecified atom stereocenters. The van der Waals surface area contributed by atoms with Crippen LogP contribution in [0, 0.1) is 0 Å². The standard InChI is InChI=1S/C23H26N4O3S2/c1-14(2)24-22(30)25-18(28)13-31-23-26-20-19(16-11-7-4-8-12-17(16)32-20)21(29)27(23)15-9-5-3-6-10-15/h3,5-6,9-10,14H,4,7-8,11-13H2,1-2H3,(H2,24,25,28,30). The Hall–Kier alpha value is -2.65. The van der Waals surface area contributed by atoms with Crippen molar-refractivity contribution < 1.29 is 9.59 Å². The van der Waals surface area contributed by atoms with Crippen LogP contribution in [0.3, 0.4) is 0 Å². The Morgan fingerprint density at radius 2 is 1.91 bits per heavy atom. The number of carbonyl (C=O) groups excluding carboxylic acids is 2. The van der Waals surface area contributed by atoms with Gasteiger partial charge in [0.05, 0.1) is 16.8 Å². The number of amides is 3. The highest BCUT2D eigenvalue weighted by Crippen LogP contribution is 2.34. The monoisotopic (exact) mass is 470 g/mol. The maximum atomic E-state index is 13.7. The normalized spacial score (nSPS) is 13.6. The van der Waals surface area contributed by atoms with Crippen LogP contribution in [0.4, 0.5) is 4.79 Å². The average molecular weight is 471 g/mol. The third kappa shape index (κ3) is 4.88. The van der Waals surface area contributed by atoms with Crippen LogP contribution in [0.25, 0.3) is 15.9 Å². The van der Waals surface area contributed by atoms with Crippen LogP contribution in [0.15, 0.2) is 40.3 Å². The summed E-state index contributed by atoms with van der Waals surface area (Å²) in [6, 6.07) is 8.76. The van der Waals surface area contributed by atoms with Crippen molar-refractivity contribution in [1.82, 2.24) is 20.2 Å². The number of thiophene rings is 1. The van der Waals surface area contributed by atoms with Crippen molar-refractivity contribution in [3.8, 4) is 5.69 Å². The summed E-state index contributed by atoms with van der Waals surface area (Å²) < 4.78 is 1.59. The van der Waals surface area contributed by atoms with Crippen LogP contribution in [0.5, 0.6) is 0 Å². The van der Waals surface area contributed by atoms with Crippen LogP contribution in [-0.2, 0) is 17.6 Å². The third-order valence-corrected chi connectivity index (χ3v) is 7.35. The van der Waals surface area contributed by atoms with Gasteiger partial charge in [0.1, 0.15) is 4.83 Å². The van der Waals surface area contributed by atoms with Gasteiger partial charge >= 0.3 is 6.03 Å². The van der Waals surface area contributed by atoms with Crippen molar-refractivity contribution in [3.05, 3.63) is 51.1 Å². The van der Waals surface area contributed by atoms with E-state index < -0.39 is 11.9 Å². The Bertz CT molecular complexity index is 1200. The highest BCUT2D eigenvalue weighted by Gasteiger charge is 2.22. The summed E-state index contributed by atoms with van der Waals surface area (Å²) in [6.07, 6.45) is 5.28. The van der Waals surface area contributed by atoms with Crippen molar-refractivity contribution in [2.24, 2.45) is 0 Å². The second kappa shape index (κ2) is 9.87. The maximum Gasteiger partial charge on any atom is 0.321 e. The van der Waals surface area contributed by atoms with Crippen LogP contribution < -0.4 is 16.2 Å². The van der Waals surface area contributed by atoms with Crippen LogP contribution in [-0.4, -0.2) is 33.3 Å². The number of imide groups is 1. The maximum absolute atomic E-state index is 13.7. The van der Waals surface area contributed by atoms with Gasteiger partial charge in [-0.25, -0.2) is 9.78 Å². The molecule has 4 rings (SSSR count). The number of para-hydroxylation sites is 1. The summed E-state index contributed by atoms with van der Waals surface area (Å²) >= 11 is 2.75. The average Bonchev–Trinajstić information content (AvgIpc) is 2.93. The zero-order valence-electron chi connectivity index (χ0n) is 18.1. The Morgan fingerprint density at radius 1 is 1.16 bits per heavy atom. The molecular weight excluding hydrogens is 444 g/mol. The smallest absolute Gasteiger partial charge is 0.321 e. The Morgan fingerprint density at radius 3 is 2.66 bits per heavy atom. The van der Waals surface area contributed by atoms with Gasteiger partial charge in [-0.3, -0.25) is 19.5 Å². The van der Waals surface area contributed by atoms with E-state index >= 15 is 0 Å². The predicted molar refractivity (Wildman–Crippen MR) is 129 cm³/mol. The minimum atomic E-state index is -0.531. The number of urea groups is 1. The molecule has 0 saturated heterocycles. The molecule has 32 heavy (non-hydrogen) atoms. The molecule has 2 aromatic heterocycles. The van der Waals surface area contributed by atoms with E-state index in [1.54, 1.807) is 15.9 Å². The molecule has 0 radical (unpaired) electrons. The highest BCUT2D eigenvalue weighted by atomic mass is 32.2. The molecule has 0 atom stereocenters. The predicted octanol–water partition coefficient (Wildman–Crippen LogP) is 4.04. The number of hydrogen-bond donors (Lipinski definition) is 2. The van der Waals surface area contributed by atoms with Crippen molar-refractivity contribution in [1.29, 1.82) is 0 Å². The fraction of sp³-hybridized carbons (Fsp3) is 0.391. The molecule has 168 valence electrons. The van der Waals surface area contributed by atoms with Gasteiger partial charge in [-0.05, 0) is 57.2 Å². The summed E-state index contributed by atoms with van der Waals surface area (Å²) in [5.41, 5.74) is 1.76. The number of nitrogens with zero attached hydrogens (tertiary/aromatic N) is 2. The molecule has 0 saturated carbocycles. The molecule has 2 heterocycles. The minimum Gasteiger partial charge on any atom is -0.336 e. The molecule has 0 fully saturated rings. The molecule has 3 amide bonds. The van der Waals surface area contributed by atoms with E-state index in [9.17, 15) is 14.4 Å². The minimum absolute atomic E-state index is 0.0264. The summed E-state index contributed by atoms with van der Waals surface area (Å²) in [6.45, 7) is 3.64. The summed E-state index contributed by atoms with van der Waals surface area (Å²) in [7, 11) is 0. The lowest BCUT2D eigenvalue weighted by atomic mass is 10.1. The van der Waals surface area contributed by atoms with E-state index in [2.05, 4.69) is 10.6 Å². The van der Waals surface area contributed by atoms with Gasteiger partial charge in [0.2, 0.25) is 5.91 Å². The zero-order valence-corrected chi connectivity index (χ0v) is 19.8. The molecule has 1 aliphatic rings. The number of rotatable bonds is 5. The van der Waals surface area contributed by atoms with Gasteiger partial charge in [-0.15, -0.1) is 11.3 Å². The number of fused-ring (bicyclic) bond motifs is 3. The number of hydrogen-bond acceptors (Lipinski definition) is 6. The number of carbonyl (C=O) groups is 2. The fourth-order valence-corrected chi connectivity index (χ4v) is 5.97. The van der Waals surface area contributed by atoms with Gasteiger partial charge in [-0.1, -0.05) is 36.4 Å². The molecule has 0 bridgehead atoms. The van der Waals surface area contributed by atoms with E-state index in [0.29, 0.717) is 16.2 Å². The largest absolute Gasteiger partial charge is 0.336 e. The molecule has 2 N–H and O–H groups in total. The van der Waals surface area contributed by atoms with E-state index in [-0.39, 0.29) is 17.4 Å². The van der Waals surface area contributed by atoms with E-state index in [0.717, 1.165) is 47.8 Å². The molecule has 9 heteroatoms. The number of nitrogens with one attached hydrogen (secondary N) is 2. The Balaban J connectivity index is 1.70. The molecule has 1 aliphatic carbocycles. The third-order valence-electron chi connectivity index (χ3n) is 5.23. The quantitative estimate of drug-likeness (QED) is 0.333. The first kappa shape index (κ1) is 22.5. The van der Waals surface area contributed by atoms with Crippen LogP contribution in [0.2, 0.25) is 0 Å². The van der Waals surface area contributed by atoms with E-state index in [1.807, 2.05) is 44.2 Å². The molecule has 0 spiro atoms. The lowest BCUT2D eigenvalue weighted by Crippen LogP contribution is -2.43. The van der Waals surface area contributed by atoms with Gasteiger partial charge in [0, 0.05) is 10.9 Å². The first-order chi connectivity index (χ1) is 15.4. The number of benzene rings is 1. The number of aryl methyl sites for hydroxylation is 2. The van der Waals surface area contributed by atoms with Gasteiger partial charge in [0.25, 0.3) is 5.56 Å². The summed E-state index contributed by atoms with van der Waals surface area (Å²) in [5.74, 6) is -0.467. The summed E-state index contributed by atoms with van der Waals surface area (Å²) in [4.78, 5) is 44.6. The fourth-order valence-electron chi connectivity index (χ4n) is 3.86. The first-order valence-corrected chi connectivity index (χ1v) is 12.6. The topological polar surface area (TPSA) is 93.1 Å². The molecule has 0 aliphatic heterocycles. The van der Waals surface area contributed by atoms with Gasteiger partial charge < -0.3 is 5.32 Å². The van der Waals surface area contributed by atoms with Crippen molar-refractivity contribution in [3.63, 3.8) is 0 Å². The molecule has 1 aromatic carbocycles. The van der Waals surface area contributed by atoms with Crippen molar-refractivity contribution in [2.75, 3.05) is 5.75 Å². The summed E-state index contributed by atoms with van der Waals surface area (Å²) in [5, 5.41) is 6.10. The zero-order chi connectivity index (χ0) is 22.7. The Kier molecular flexibility index (Phi) is 6.95. The lowest BCUT2D eigenvalue weighted by molar-refractivity contribution is -0.117. The highest BCUT2D eigenvalue weighted by molar-refractivity contribution is 7.99. The Labute approximate surface area is 194 Å². The lowest BCUT2D eigenvalue weighted by Gasteiger charge is -2.13. The van der Waals surface area contributed by atoms with E-state index in [4.69, 9.17) is 4.98 Å². The van der Waals surface area contributed by atoms with Gasteiger partial charge in [-0.2, -0.15) is 0 Å². The van der Waals surface area contributed by atoms with Crippen LogP contribution >= 0.6 is 23.1 Å². The molecule has 7 nitrogen and oxygen atoms in total. The SMILES string of the molecule is CC(C)NC(=O)NC(=O)CSc1nc2sc3c(c2c(=O)n1-c1ccccc1)CCCCC3. The van der Waals surface area contributed by atoms with Gasteiger partial charge in [0.15, 0.2) is 5.16 Å². The second-order valence-electron chi connectivity index (χ2n) is 8.08. The number of aromatic nitrogens is 2. The molecular formula is C23H26N4O3S2.